The van der Waals surface area contributed by atoms with Crippen molar-refractivity contribution in [2.24, 2.45) is 0 Å². The molecule has 0 atom stereocenters. The van der Waals surface area contributed by atoms with Crippen LogP contribution in [0.4, 0.5) is 0 Å². The second-order valence-electron chi connectivity index (χ2n) is 3.45. The lowest BCUT2D eigenvalue weighted by atomic mass is 10.3. The Morgan fingerprint density at radius 2 is 1.28 bits per heavy atom. The molecule has 2 N–H and O–H groups in total. The van der Waals surface area contributed by atoms with Crippen molar-refractivity contribution < 1.29 is 23.8 Å². The van der Waals surface area contributed by atoms with Crippen LogP contribution in [0, 0.1) is 0 Å². The van der Waals surface area contributed by atoms with Crippen molar-refractivity contribution >= 4 is 8.25 Å². The van der Waals surface area contributed by atoms with E-state index >= 15 is 0 Å². The van der Waals surface area contributed by atoms with Crippen LogP contribution in [-0.2, 0) is 4.57 Å². The van der Waals surface area contributed by atoms with Gasteiger partial charge in [0.2, 0.25) is 0 Å². The van der Waals surface area contributed by atoms with Crippen molar-refractivity contribution in [1.29, 1.82) is 0 Å². The second kappa shape index (κ2) is 5.47. The fraction of sp³-hybridized carbons (Fsp3) is 0. The van der Waals surface area contributed by atoms with Gasteiger partial charge in [0.05, 0.1) is 0 Å². The van der Waals surface area contributed by atoms with Crippen molar-refractivity contribution in [2.45, 2.75) is 0 Å². The zero-order valence-electron chi connectivity index (χ0n) is 9.24. The zero-order chi connectivity index (χ0) is 13.0. The van der Waals surface area contributed by atoms with Crippen molar-refractivity contribution in [2.75, 3.05) is 0 Å². The van der Waals surface area contributed by atoms with Crippen molar-refractivity contribution in [1.82, 2.24) is 0 Å². The molecule has 6 heteroatoms. The van der Waals surface area contributed by atoms with Crippen LogP contribution in [0.15, 0.2) is 48.5 Å². The average Bonchev–Trinajstić information content (AvgIpc) is 2.28. The number of benzene rings is 2. The standard InChI is InChI=1S/C12H11O5P/c13-9-3-1-5-11(7-9)16-18(15)17-12-6-2-4-10(14)8-12/h1-8,13-14,18H. The van der Waals surface area contributed by atoms with E-state index in [1.54, 1.807) is 24.3 Å². The van der Waals surface area contributed by atoms with Gasteiger partial charge in [0.25, 0.3) is 0 Å². The molecule has 0 spiro atoms. The van der Waals surface area contributed by atoms with E-state index in [-0.39, 0.29) is 23.0 Å². The number of phenols is 2. The molecule has 94 valence electrons. The van der Waals surface area contributed by atoms with Crippen LogP contribution in [0.2, 0.25) is 0 Å². The summed E-state index contributed by atoms with van der Waals surface area (Å²) in [7, 11) is -2.80. The molecule has 18 heavy (non-hydrogen) atoms. The summed E-state index contributed by atoms with van der Waals surface area (Å²) in [5.74, 6) is 0.525. The Bertz CT molecular complexity index is 520. The van der Waals surface area contributed by atoms with E-state index in [1.807, 2.05) is 0 Å². The highest BCUT2D eigenvalue weighted by atomic mass is 31.1. The van der Waals surface area contributed by atoms with E-state index < -0.39 is 8.25 Å². The molecule has 0 amide bonds. The number of aromatic hydroxyl groups is 2. The minimum atomic E-state index is -2.80. The van der Waals surface area contributed by atoms with Gasteiger partial charge in [0.1, 0.15) is 23.0 Å². The van der Waals surface area contributed by atoms with E-state index in [4.69, 9.17) is 9.05 Å². The maximum atomic E-state index is 11.6. The fourth-order valence-corrected chi connectivity index (χ4v) is 1.99. The third kappa shape index (κ3) is 3.43. The van der Waals surface area contributed by atoms with Crippen LogP contribution in [-0.4, -0.2) is 10.2 Å². The minimum Gasteiger partial charge on any atom is -0.508 e. The van der Waals surface area contributed by atoms with Crippen molar-refractivity contribution in [3.05, 3.63) is 48.5 Å². The monoisotopic (exact) mass is 266 g/mol. The molecule has 0 aliphatic carbocycles. The lowest BCUT2D eigenvalue weighted by Crippen LogP contribution is -1.88. The summed E-state index contributed by atoms with van der Waals surface area (Å²) in [5, 5.41) is 18.4. The molecule has 0 aromatic heterocycles. The molecule has 0 radical (unpaired) electrons. The number of phenolic OH excluding ortho intramolecular Hbond substituents is 2. The second-order valence-corrected chi connectivity index (χ2v) is 4.36. The molecule has 0 unspecified atom stereocenters. The molecule has 2 aromatic rings. The Morgan fingerprint density at radius 3 is 1.67 bits per heavy atom. The topological polar surface area (TPSA) is 76.0 Å². The van der Waals surface area contributed by atoms with Crippen LogP contribution in [0.3, 0.4) is 0 Å². The summed E-state index contributed by atoms with van der Waals surface area (Å²) >= 11 is 0. The number of hydrogen-bond donors (Lipinski definition) is 2. The Balaban J connectivity index is 2.01. The highest BCUT2D eigenvalue weighted by Crippen LogP contribution is 2.32. The molecule has 2 aromatic carbocycles. The first-order valence-electron chi connectivity index (χ1n) is 5.11. The first-order chi connectivity index (χ1) is 8.63. The van der Waals surface area contributed by atoms with Crippen LogP contribution in [0.5, 0.6) is 23.0 Å². The van der Waals surface area contributed by atoms with Gasteiger partial charge in [-0.05, 0) is 24.3 Å². The molecule has 2 rings (SSSR count). The smallest absolute Gasteiger partial charge is 0.418 e. The van der Waals surface area contributed by atoms with Gasteiger partial charge in [-0.2, -0.15) is 0 Å². The van der Waals surface area contributed by atoms with Crippen LogP contribution < -0.4 is 9.05 Å². The Labute approximate surface area is 104 Å². The molecule has 0 saturated carbocycles. The van der Waals surface area contributed by atoms with Crippen LogP contribution >= 0.6 is 8.25 Å². The summed E-state index contributed by atoms with van der Waals surface area (Å²) in [5.41, 5.74) is 0. The quantitative estimate of drug-likeness (QED) is 0.832. The first-order valence-corrected chi connectivity index (χ1v) is 6.34. The predicted molar refractivity (Wildman–Crippen MR) is 66.5 cm³/mol. The Morgan fingerprint density at radius 1 is 0.833 bits per heavy atom. The molecule has 0 aliphatic rings. The molecule has 0 aliphatic heterocycles. The predicted octanol–water partition coefficient (Wildman–Crippen LogP) is 2.95. The third-order valence-corrected chi connectivity index (χ3v) is 2.84. The van der Waals surface area contributed by atoms with Gasteiger partial charge < -0.3 is 19.3 Å². The van der Waals surface area contributed by atoms with Crippen LogP contribution in [0.1, 0.15) is 0 Å². The summed E-state index contributed by atoms with van der Waals surface area (Å²) < 4.78 is 21.6. The van der Waals surface area contributed by atoms with E-state index in [0.717, 1.165) is 0 Å². The van der Waals surface area contributed by atoms with Crippen molar-refractivity contribution in [3.63, 3.8) is 0 Å². The highest BCUT2D eigenvalue weighted by Gasteiger charge is 2.05. The van der Waals surface area contributed by atoms with Gasteiger partial charge >= 0.3 is 8.25 Å². The summed E-state index contributed by atoms with van der Waals surface area (Å²) in [6, 6.07) is 11.8. The first kappa shape index (κ1) is 12.3. The summed E-state index contributed by atoms with van der Waals surface area (Å²) in [4.78, 5) is 0. The SMILES string of the molecule is O=[PH](Oc1cccc(O)c1)Oc1cccc(O)c1. The largest absolute Gasteiger partial charge is 0.508 e. The number of hydrogen-bond acceptors (Lipinski definition) is 5. The highest BCUT2D eigenvalue weighted by molar-refractivity contribution is 7.34. The zero-order valence-corrected chi connectivity index (χ0v) is 10.2. The average molecular weight is 266 g/mol. The van der Waals surface area contributed by atoms with Crippen LogP contribution in [0.25, 0.3) is 0 Å². The molecule has 0 heterocycles. The normalized spacial score (nSPS) is 10.3. The molecular weight excluding hydrogens is 255 g/mol. The van der Waals surface area contributed by atoms with Crippen molar-refractivity contribution in [3.8, 4) is 23.0 Å². The Hall–Kier alpha value is -2.13. The van der Waals surface area contributed by atoms with Gasteiger partial charge in [-0.3, -0.25) is 0 Å². The van der Waals surface area contributed by atoms with E-state index in [2.05, 4.69) is 0 Å². The van der Waals surface area contributed by atoms with E-state index in [1.165, 1.54) is 24.3 Å². The lowest BCUT2D eigenvalue weighted by Gasteiger charge is -2.08. The molecule has 0 bridgehead atoms. The molecule has 0 fully saturated rings. The van der Waals surface area contributed by atoms with E-state index in [0.29, 0.717) is 0 Å². The molecular formula is C12H11O5P. The van der Waals surface area contributed by atoms with Gasteiger partial charge in [-0.15, -0.1) is 0 Å². The number of rotatable bonds is 4. The minimum absolute atomic E-state index is 0.0136. The fourth-order valence-electron chi connectivity index (χ4n) is 1.31. The third-order valence-electron chi connectivity index (χ3n) is 2.04. The maximum Gasteiger partial charge on any atom is 0.418 e. The van der Waals surface area contributed by atoms with Gasteiger partial charge in [-0.1, -0.05) is 12.1 Å². The molecule has 5 nitrogen and oxygen atoms in total. The molecule has 0 saturated heterocycles. The lowest BCUT2D eigenvalue weighted by molar-refractivity contribution is 0.411. The van der Waals surface area contributed by atoms with E-state index in [9.17, 15) is 14.8 Å². The Kier molecular flexibility index (Phi) is 3.75. The van der Waals surface area contributed by atoms with Gasteiger partial charge in [-0.25, -0.2) is 4.57 Å². The van der Waals surface area contributed by atoms with Gasteiger partial charge in [0.15, 0.2) is 0 Å². The van der Waals surface area contributed by atoms with Gasteiger partial charge in [0, 0.05) is 12.1 Å². The summed E-state index contributed by atoms with van der Waals surface area (Å²) in [6.07, 6.45) is 0. The summed E-state index contributed by atoms with van der Waals surface area (Å²) in [6.45, 7) is 0. The maximum absolute atomic E-state index is 11.6.